The van der Waals surface area contributed by atoms with E-state index in [4.69, 9.17) is 0 Å². The zero-order valence-electron chi connectivity index (χ0n) is 16.4. The number of hydrogen-bond acceptors (Lipinski definition) is 5. The molecule has 8 heteroatoms. The molecule has 2 aromatic rings. The van der Waals surface area contributed by atoms with Gasteiger partial charge in [-0.15, -0.1) is 5.10 Å². The second-order valence-electron chi connectivity index (χ2n) is 7.82. The lowest BCUT2D eigenvalue weighted by Crippen LogP contribution is -2.62. The Morgan fingerprint density at radius 3 is 2.64 bits per heavy atom. The van der Waals surface area contributed by atoms with Gasteiger partial charge in [0.1, 0.15) is 0 Å². The largest absolute Gasteiger partial charge is 0.346 e. The zero-order chi connectivity index (χ0) is 19.7. The summed E-state index contributed by atoms with van der Waals surface area (Å²) in [7, 11) is 3.96. The number of benzene rings is 1. The minimum atomic E-state index is -0.163. The van der Waals surface area contributed by atoms with Crippen molar-refractivity contribution in [2.24, 2.45) is 0 Å². The van der Waals surface area contributed by atoms with Crippen molar-refractivity contribution in [2.45, 2.75) is 24.8 Å². The number of rotatable bonds is 2. The van der Waals surface area contributed by atoms with Crippen molar-refractivity contribution < 1.29 is 9.59 Å². The summed E-state index contributed by atoms with van der Waals surface area (Å²) in [5.74, 6) is 0.0816. The predicted octanol–water partition coefficient (Wildman–Crippen LogP) is 1.04. The lowest BCUT2D eigenvalue weighted by Gasteiger charge is -2.49. The highest BCUT2D eigenvalue weighted by Crippen LogP contribution is 2.32. The van der Waals surface area contributed by atoms with Gasteiger partial charge in [0.2, 0.25) is 5.91 Å². The fourth-order valence-corrected chi connectivity index (χ4v) is 4.16. The van der Waals surface area contributed by atoms with Crippen LogP contribution in [0.5, 0.6) is 0 Å². The maximum Gasteiger partial charge on any atom is 0.276 e. The molecule has 1 spiro atoms. The lowest BCUT2D eigenvalue weighted by atomic mass is 9.86. The van der Waals surface area contributed by atoms with Gasteiger partial charge < -0.3 is 9.80 Å². The summed E-state index contributed by atoms with van der Waals surface area (Å²) < 4.78 is 1.62. The molecule has 2 amide bonds. The highest BCUT2D eigenvalue weighted by atomic mass is 16.2. The van der Waals surface area contributed by atoms with E-state index in [2.05, 4.69) is 22.3 Å². The smallest absolute Gasteiger partial charge is 0.276 e. The van der Waals surface area contributed by atoms with Crippen molar-refractivity contribution in [2.75, 3.05) is 40.3 Å². The Bertz CT molecular complexity index is 867. The summed E-state index contributed by atoms with van der Waals surface area (Å²) in [6.07, 6.45) is 3.85. The third-order valence-electron chi connectivity index (χ3n) is 6.16. The molecule has 0 N–H and O–H groups in total. The van der Waals surface area contributed by atoms with Crippen molar-refractivity contribution in [1.82, 2.24) is 29.7 Å². The second-order valence-corrected chi connectivity index (χ2v) is 7.82. The molecular weight excluding hydrogens is 356 g/mol. The molecule has 28 heavy (non-hydrogen) atoms. The van der Waals surface area contributed by atoms with Crippen molar-refractivity contribution in [3.63, 3.8) is 0 Å². The van der Waals surface area contributed by atoms with Crippen LogP contribution >= 0.6 is 0 Å². The standard InChI is InChI=1S/C20H26N6O2/c1-23-11-10-20(9-8-18(23)27)15-25(13-12-24(20)2)19(28)17-14-26(22-21-17)16-6-4-3-5-7-16/h3-7,14H,8-13,15H2,1-2H3. The molecule has 2 fully saturated rings. The number of carbonyl (C=O) groups is 2. The SMILES string of the molecule is CN1CCC2(CCC1=O)CN(C(=O)c1cn(-c3ccccc3)nn1)CCN2C. The molecule has 0 aliphatic carbocycles. The fraction of sp³-hybridized carbons (Fsp3) is 0.500. The van der Waals surface area contributed by atoms with Crippen LogP contribution in [0, 0.1) is 0 Å². The molecule has 4 rings (SSSR count). The van der Waals surface area contributed by atoms with Gasteiger partial charge in [-0.2, -0.15) is 0 Å². The minimum absolute atomic E-state index is 0.0985. The summed E-state index contributed by atoms with van der Waals surface area (Å²) in [5, 5.41) is 8.22. The van der Waals surface area contributed by atoms with E-state index in [9.17, 15) is 9.59 Å². The van der Waals surface area contributed by atoms with Crippen LogP contribution in [0.3, 0.4) is 0 Å². The number of carbonyl (C=O) groups excluding carboxylic acids is 2. The van der Waals surface area contributed by atoms with Crippen LogP contribution in [0.2, 0.25) is 0 Å². The fourth-order valence-electron chi connectivity index (χ4n) is 4.16. The Kier molecular flexibility index (Phi) is 4.89. The average molecular weight is 382 g/mol. The van der Waals surface area contributed by atoms with Gasteiger partial charge >= 0.3 is 0 Å². The lowest BCUT2D eigenvalue weighted by molar-refractivity contribution is -0.129. The molecule has 2 aliphatic heterocycles. The van der Waals surface area contributed by atoms with Crippen molar-refractivity contribution >= 4 is 11.8 Å². The summed E-state index contributed by atoms with van der Waals surface area (Å²) in [5.41, 5.74) is 1.06. The van der Waals surface area contributed by atoms with E-state index in [1.807, 2.05) is 42.3 Å². The first-order valence-electron chi connectivity index (χ1n) is 9.71. The molecule has 0 bridgehead atoms. The first-order chi connectivity index (χ1) is 13.5. The van der Waals surface area contributed by atoms with Gasteiger partial charge in [-0.25, -0.2) is 4.68 Å². The maximum absolute atomic E-state index is 13.1. The Balaban J connectivity index is 1.52. The predicted molar refractivity (Wildman–Crippen MR) is 104 cm³/mol. The zero-order valence-corrected chi connectivity index (χ0v) is 16.4. The number of hydrogen-bond donors (Lipinski definition) is 0. The summed E-state index contributed by atoms with van der Waals surface area (Å²) in [6, 6.07) is 9.63. The molecule has 1 atom stereocenters. The highest BCUT2D eigenvalue weighted by Gasteiger charge is 2.43. The molecule has 2 saturated heterocycles. The Morgan fingerprint density at radius 2 is 1.86 bits per heavy atom. The first-order valence-corrected chi connectivity index (χ1v) is 9.71. The van der Waals surface area contributed by atoms with Gasteiger partial charge in [-0.05, 0) is 32.0 Å². The van der Waals surface area contributed by atoms with E-state index < -0.39 is 0 Å². The van der Waals surface area contributed by atoms with E-state index in [1.165, 1.54) is 0 Å². The van der Waals surface area contributed by atoms with E-state index in [0.717, 1.165) is 31.6 Å². The van der Waals surface area contributed by atoms with Gasteiger partial charge in [0.15, 0.2) is 5.69 Å². The number of likely N-dealkylation sites (tertiary alicyclic amines) is 1. The second kappa shape index (κ2) is 7.35. The first kappa shape index (κ1) is 18.6. The molecule has 3 heterocycles. The molecule has 148 valence electrons. The third-order valence-corrected chi connectivity index (χ3v) is 6.16. The van der Waals surface area contributed by atoms with Gasteiger partial charge in [0.25, 0.3) is 5.91 Å². The number of amides is 2. The maximum atomic E-state index is 13.1. The van der Waals surface area contributed by atoms with Crippen molar-refractivity contribution in [3.05, 3.63) is 42.2 Å². The quantitative estimate of drug-likeness (QED) is 0.776. The number of para-hydroxylation sites is 1. The monoisotopic (exact) mass is 382 g/mol. The third kappa shape index (κ3) is 3.40. The number of piperazine rings is 1. The summed E-state index contributed by atoms with van der Waals surface area (Å²) in [4.78, 5) is 31.2. The number of aromatic nitrogens is 3. The van der Waals surface area contributed by atoms with Crippen LogP contribution in [-0.4, -0.2) is 87.3 Å². The van der Waals surface area contributed by atoms with Crippen LogP contribution in [0.1, 0.15) is 29.8 Å². The van der Waals surface area contributed by atoms with E-state index in [1.54, 1.807) is 15.8 Å². The van der Waals surface area contributed by atoms with E-state index >= 15 is 0 Å². The summed E-state index contributed by atoms with van der Waals surface area (Å²) in [6.45, 7) is 2.77. The molecule has 0 radical (unpaired) electrons. The van der Waals surface area contributed by atoms with Crippen LogP contribution in [0.25, 0.3) is 5.69 Å². The van der Waals surface area contributed by atoms with Crippen LogP contribution < -0.4 is 0 Å². The number of likely N-dealkylation sites (N-methyl/N-ethyl adjacent to an activating group) is 1. The molecule has 1 aromatic carbocycles. The minimum Gasteiger partial charge on any atom is -0.346 e. The highest BCUT2D eigenvalue weighted by molar-refractivity contribution is 5.92. The Hall–Kier alpha value is -2.74. The van der Waals surface area contributed by atoms with Crippen molar-refractivity contribution in [3.8, 4) is 5.69 Å². The van der Waals surface area contributed by atoms with E-state index in [0.29, 0.717) is 25.2 Å². The summed E-state index contributed by atoms with van der Waals surface area (Å²) >= 11 is 0. The van der Waals surface area contributed by atoms with Crippen LogP contribution in [-0.2, 0) is 4.79 Å². The Labute approximate surface area is 164 Å². The van der Waals surface area contributed by atoms with Gasteiger partial charge in [-0.1, -0.05) is 23.4 Å². The number of nitrogens with zero attached hydrogens (tertiary/aromatic N) is 6. The Morgan fingerprint density at radius 1 is 1.07 bits per heavy atom. The molecule has 2 aliphatic rings. The normalized spacial score (nSPS) is 23.9. The average Bonchev–Trinajstić information content (AvgIpc) is 3.17. The van der Waals surface area contributed by atoms with Crippen molar-refractivity contribution in [1.29, 1.82) is 0 Å². The molecule has 1 unspecified atom stereocenters. The van der Waals surface area contributed by atoms with Gasteiger partial charge in [0, 0.05) is 45.2 Å². The van der Waals surface area contributed by atoms with E-state index in [-0.39, 0.29) is 17.4 Å². The topological polar surface area (TPSA) is 74.6 Å². The van der Waals surface area contributed by atoms with Gasteiger partial charge in [-0.3, -0.25) is 14.5 Å². The van der Waals surface area contributed by atoms with Crippen LogP contribution in [0.4, 0.5) is 0 Å². The van der Waals surface area contributed by atoms with Crippen LogP contribution in [0.15, 0.2) is 36.5 Å². The molecular formula is C20H26N6O2. The molecule has 0 saturated carbocycles. The molecule has 8 nitrogen and oxygen atoms in total. The molecule has 1 aromatic heterocycles. The van der Waals surface area contributed by atoms with Gasteiger partial charge in [0.05, 0.1) is 11.9 Å².